The third-order valence-corrected chi connectivity index (χ3v) is 4.30. The molecule has 0 atom stereocenters. The quantitative estimate of drug-likeness (QED) is 0.783. The van der Waals surface area contributed by atoms with Gasteiger partial charge in [0.05, 0.1) is 4.88 Å². The molecule has 1 heterocycles. The molecule has 0 saturated heterocycles. The van der Waals surface area contributed by atoms with Gasteiger partial charge in [0.25, 0.3) is 5.91 Å². The van der Waals surface area contributed by atoms with Crippen LogP contribution in [0.4, 0.5) is 0 Å². The zero-order chi connectivity index (χ0) is 10.8. The molecule has 0 N–H and O–H groups in total. The Hall–Kier alpha value is -0.350. The lowest BCUT2D eigenvalue weighted by molar-refractivity contribution is 0.0808. The standard InChI is InChI=1S/C11H14BrNOS/c1-13(6-5-12)11(14)10-7-8-3-2-4-9(8)15-10/h7H,2-6H2,1H3. The predicted molar refractivity (Wildman–Crippen MR) is 67.1 cm³/mol. The molecule has 0 radical (unpaired) electrons. The van der Waals surface area contributed by atoms with Crippen molar-refractivity contribution in [3.8, 4) is 0 Å². The van der Waals surface area contributed by atoms with Crippen LogP contribution in [0.2, 0.25) is 0 Å². The summed E-state index contributed by atoms with van der Waals surface area (Å²) in [5, 5.41) is 0.834. The molecule has 1 amide bonds. The van der Waals surface area contributed by atoms with Crippen LogP contribution in [0.5, 0.6) is 0 Å². The van der Waals surface area contributed by atoms with Gasteiger partial charge in [-0.05, 0) is 30.9 Å². The highest BCUT2D eigenvalue weighted by atomic mass is 79.9. The van der Waals surface area contributed by atoms with Gasteiger partial charge in [0.15, 0.2) is 0 Å². The number of halogens is 1. The van der Waals surface area contributed by atoms with Crippen molar-refractivity contribution in [3.63, 3.8) is 0 Å². The van der Waals surface area contributed by atoms with Crippen molar-refractivity contribution in [2.45, 2.75) is 19.3 Å². The lowest BCUT2D eigenvalue weighted by atomic mass is 10.2. The largest absolute Gasteiger partial charge is 0.340 e. The molecule has 1 aliphatic carbocycles. The van der Waals surface area contributed by atoms with E-state index in [0.717, 1.165) is 29.6 Å². The molecule has 0 aliphatic heterocycles. The third kappa shape index (κ3) is 2.26. The molecule has 15 heavy (non-hydrogen) atoms. The van der Waals surface area contributed by atoms with Crippen LogP contribution < -0.4 is 0 Å². The molecule has 0 bridgehead atoms. The fraction of sp³-hybridized carbons (Fsp3) is 0.545. The fourth-order valence-electron chi connectivity index (χ4n) is 1.85. The zero-order valence-electron chi connectivity index (χ0n) is 8.75. The molecule has 2 rings (SSSR count). The van der Waals surface area contributed by atoms with Gasteiger partial charge >= 0.3 is 0 Å². The molecule has 0 saturated carbocycles. The maximum absolute atomic E-state index is 12.0. The lowest BCUT2D eigenvalue weighted by Crippen LogP contribution is -2.27. The van der Waals surface area contributed by atoms with E-state index in [1.807, 2.05) is 7.05 Å². The predicted octanol–water partition coefficient (Wildman–Crippen LogP) is 2.70. The van der Waals surface area contributed by atoms with Gasteiger partial charge in [-0.3, -0.25) is 4.79 Å². The molecule has 1 aromatic heterocycles. The summed E-state index contributed by atoms with van der Waals surface area (Å²) in [5.41, 5.74) is 1.40. The number of aryl methyl sites for hydroxylation is 2. The molecule has 0 unspecified atom stereocenters. The van der Waals surface area contributed by atoms with Gasteiger partial charge in [0.1, 0.15) is 0 Å². The van der Waals surface area contributed by atoms with Crippen LogP contribution in [-0.4, -0.2) is 29.7 Å². The molecular formula is C11H14BrNOS. The summed E-state index contributed by atoms with van der Waals surface area (Å²) in [5.74, 6) is 0.161. The van der Waals surface area contributed by atoms with Crippen LogP contribution in [0.15, 0.2) is 6.07 Å². The Labute approximate surface area is 102 Å². The molecule has 0 spiro atoms. The monoisotopic (exact) mass is 287 g/mol. The second-order valence-corrected chi connectivity index (χ2v) is 5.76. The summed E-state index contributed by atoms with van der Waals surface area (Å²) in [4.78, 5) is 16.1. The SMILES string of the molecule is CN(CCBr)C(=O)c1cc2c(s1)CCC2. The Bertz CT molecular complexity index is 353. The molecule has 1 aliphatic rings. The summed E-state index contributed by atoms with van der Waals surface area (Å²) in [6.07, 6.45) is 3.57. The van der Waals surface area contributed by atoms with Crippen LogP contribution in [0.1, 0.15) is 26.5 Å². The number of amides is 1. The van der Waals surface area contributed by atoms with E-state index in [0.29, 0.717) is 0 Å². The van der Waals surface area contributed by atoms with Gasteiger partial charge in [-0.25, -0.2) is 0 Å². The first kappa shape index (κ1) is 11.1. The number of hydrogen-bond acceptors (Lipinski definition) is 2. The van der Waals surface area contributed by atoms with Crippen LogP contribution in [0, 0.1) is 0 Å². The highest BCUT2D eigenvalue weighted by Crippen LogP contribution is 2.31. The minimum absolute atomic E-state index is 0.161. The first-order valence-corrected chi connectivity index (χ1v) is 7.09. The number of alkyl halides is 1. The Morgan fingerprint density at radius 3 is 3.07 bits per heavy atom. The van der Waals surface area contributed by atoms with Gasteiger partial charge < -0.3 is 4.90 Å². The Morgan fingerprint density at radius 1 is 1.60 bits per heavy atom. The number of carbonyl (C=O) groups is 1. The van der Waals surface area contributed by atoms with Crippen molar-refractivity contribution >= 4 is 33.2 Å². The van der Waals surface area contributed by atoms with E-state index in [-0.39, 0.29) is 5.91 Å². The molecule has 4 heteroatoms. The van der Waals surface area contributed by atoms with E-state index in [4.69, 9.17) is 0 Å². The second-order valence-electron chi connectivity index (χ2n) is 3.83. The second kappa shape index (κ2) is 4.66. The number of thiophene rings is 1. The molecule has 0 fully saturated rings. The van der Waals surface area contributed by atoms with E-state index < -0.39 is 0 Å². The zero-order valence-corrected chi connectivity index (χ0v) is 11.2. The van der Waals surface area contributed by atoms with Gasteiger partial charge in [0, 0.05) is 23.8 Å². The Balaban J connectivity index is 2.12. The third-order valence-electron chi connectivity index (χ3n) is 2.72. The van der Waals surface area contributed by atoms with E-state index >= 15 is 0 Å². The number of fused-ring (bicyclic) bond motifs is 1. The topological polar surface area (TPSA) is 20.3 Å². The van der Waals surface area contributed by atoms with Crippen molar-refractivity contribution in [1.82, 2.24) is 4.90 Å². The smallest absolute Gasteiger partial charge is 0.263 e. The number of hydrogen-bond donors (Lipinski definition) is 0. The Kier molecular flexibility index (Phi) is 3.46. The molecule has 2 nitrogen and oxygen atoms in total. The summed E-state index contributed by atoms with van der Waals surface area (Å²) >= 11 is 5.02. The van der Waals surface area contributed by atoms with Gasteiger partial charge in [0.2, 0.25) is 0 Å². The summed E-state index contributed by atoms with van der Waals surface area (Å²) in [7, 11) is 1.86. The summed E-state index contributed by atoms with van der Waals surface area (Å²) in [6, 6.07) is 2.08. The highest BCUT2D eigenvalue weighted by molar-refractivity contribution is 9.09. The Morgan fingerprint density at radius 2 is 2.40 bits per heavy atom. The minimum Gasteiger partial charge on any atom is -0.340 e. The van der Waals surface area contributed by atoms with E-state index in [2.05, 4.69) is 22.0 Å². The van der Waals surface area contributed by atoms with Crippen LogP contribution in [0.3, 0.4) is 0 Å². The normalized spacial score (nSPS) is 14.0. The summed E-state index contributed by atoms with van der Waals surface area (Å²) < 4.78 is 0. The van der Waals surface area contributed by atoms with Crippen LogP contribution in [-0.2, 0) is 12.8 Å². The van der Waals surface area contributed by atoms with Crippen molar-refractivity contribution in [2.24, 2.45) is 0 Å². The maximum atomic E-state index is 12.0. The van der Waals surface area contributed by atoms with Gasteiger partial charge in [-0.2, -0.15) is 0 Å². The van der Waals surface area contributed by atoms with Crippen LogP contribution in [0.25, 0.3) is 0 Å². The molecule has 0 aromatic carbocycles. The van der Waals surface area contributed by atoms with E-state index in [1.54, 1.807) is 16.2 Å². The van der Waals surface area contributed by atoms with Crippen molar-refractivity contribution in [3.05, 3.63) is 21.4 Å². The lowest BCUT2D eigenvalue weighted by Gasteiger charge is -2.14. The number of carbonyl (C=O) groups excluding carboxylic acids is 1. The summed E-state index contributed by atoms with van der Waals surface area (Å²) in [6.45, 7) is 0.765. The van der Waals surface area contributed by atoms with Crippen LogP contribution >= 0.6 is 27.3 Å². The molecule has 82 valence electrons. The van der Waals surface area contributed by atoms with Crippen molar-refractivity contribution in [2.75, 3.05) is 18.9 Å². The fourth-order valence-corrected chi connectivity index (χ4v) is 3.63. The molecular weight excluding hydrogens is 274 g/mol. The average molecular weight is 288 g/mol. The average Bonchev–Trinajstić information content (AvgIpc) is 2.75. The van der Waals surface area contributed by atoms with E-state index in [1.165, 1.54) is 16.9 Å². The maximum Gasteiger partial charge on any atom is 0.263 e. The first-order valence-electron chi connectivity index (χ1n) is 5.15. The number of rotatable bonds is 3. The number of nitrogens with zero attached hydrogens (tertiary/aromatic N) is 1. The van der Waals surface area contributed by atoms with Crippen molar-refractivity contribution in [1.29, 1.82) is 0 Å². The van der Waals surface area contributed by atoms with Gasteiger partial charge in [-0.1, -0.05) is 15.9 Å². The minimum atomic E-state index is 0.161. The highest BCUT2D eigenvalue weighted by Gasteiger charge is 2.20. The molecule has 1 aromatic rings. The van der Waals surface area contributed by atoms with Crippen molar-refractivity contribution < 1.29 is 4.79 Å². The van der Waals surface area contributed by atoms with E-state index in [9.17, 15) is 4.79 Å². The first-order chi connectivity index (χ1) is 7.22. The van der Waals surface area contributed by atoms with Gasteiger partial charge in [-0.15, -0.1) is 11.3 Å².